The largest absolute Gasteiger partial charge is 0.463 e. The van der Waals surface area contributed by atoms with Crippen LogP contribution in [0.2, 0.25) is 5.02 Å². The number of para-hydroxylation sites is 1. The third kappa shape index (κ3) is 2.66. The van der Waals surface area contributed by atoms with Crippen molar-refractivity contribution in [2.45, 2.75) is 0 Å². The van der Waals surface area contributed by atoms with Gasteiger partial charge in [-0.05, 0) is 36.4 Å². The first-order chi connectivity index (χ1) is 12.5. The Morgan fingerprint density at radius 2 is 1.81 bits per heavy atom. The van der Waals surface area contributed by atoms with Crippen molar-refractivity contribution >= 4 is 46.1 Å². The van der Waals surface area contributed by atoms with Gasteiger partial charge in [-0.3, -0.25) is 19.8 Å². The number of nitrogens with zero attached hydrogens (tertiary/aromatic N) is 1. The predicted octanol–water partition coefficient (Wildman–Crippen LogP) is 2.91. The van der Waals surface area contributed by atoms with Crippen LogP contribution in [0.1, 0.15) is 5.56 Å². The van der Waals surface area contributed by atoms with Gasteiger partial charge in [0.25, 0.3) is 11.8 Å². The molecule has 128 valence electrons. The van der Waals surface area contributed by atoms with E-state index < -0.39 is 11.8 Å². The van der Waals surface area contributed by atoms with Crippen molar-refractivity contribution in [3.8, 4) is 0 Å². The van der Waals surface area contributed by atoms with Gasteiger partial charge in [-0.25, -0.2) is 5.01 Å². The van der Waals surface area contributed by atoms with Crippen LogP contribution >= 0.6 is 11.6 Å². The lowest BCUT2D eigenvalue weighted by atomic mass is 10.1. The van der Waals surface area contributed by atoms with Crippen molar-refractivity contribution in [1.82, 2.24) is 5.43 Å². The van der Waals surface area contributed by atoms with Crippen LogP contribution in [0.25, 0.3) is 17.0 Å². The summed E-state index contributed by atoms with van der Waals surface area (Å²) in [5.41, 5.74) is 2.93. The number of benzene rings is 2. The number of hydrogen-bond acceptors (Lipinski definition) is 4. The first kappa shape index (κ1) is 16.1. The molecule has 2 amide bonds. The summed E-state index contributed by atoms with van der Waals surface area (Å²) < 4.78 is 5.41. The van der Waals surface area contributed by atoms with E-state index in [4.69, 9.17) is 16.0 Å². The highest BCUT2D eigenvalue weighted by molar-refractivity contribution is 6.32. The maximum Gasteiger partial charge on any atom is 0.282 e. The second-order valence-corrected chi connectivity index (χ2v) is 6.07. The summed E-state index contributed by atoms with van der Waals surface area (Å²) in [5.74, 6) is -1.14. The molecule has 0 bridgehead atoms. The minimum Gasteiger partial charge on any atom is -0.463 e. The smallest absolute Gasteiger partial charge is 0.282 e. The Morgan fingerprint density at radius 1 is 1.04 bits per heavy atom. The van der Waals surface area contributed by atoms with E-state index in [0.717, 1.165) is 5.01 Å². The SMILES string of the molecule is O=C1NN(c2ccccc2)C(=O)/C1=C/c1coc2ccc(Cl)cc2c1=O. The molecule has 2 heterocycles. The molecule has 26 heavy (non-hydrogen) atoms. The fourth-order valence-corrected chi connectivity index (χ4v) is 2.86. The number of hydrazine groups is 1. The van der Waals surface area contributed by atoms with Gasteiger partial charge in [-0.15, -0.1) is 0 Å². The van der Waals surface area contributed by atoms with Crippen molar-refractivity contribution in [2.75, 3.05) is 5.01 Å². The minimum absolute atomic E-state index is 0.0909. The quantitative estimate of drug-likeness (QED) is 0.558. The third-order valence-corrected chi connectivity index (χ3v) is 4.20. The number of carbonyl (C=O) groups excluding carboxylic acids is 2. The molecular weight excluding hydrogens is 356 g/mol. The maximum absolute atomic E-state index is 12.6. The van der Waals surface area contributed by atoms with Crippen LogP contribution in [0.5, 0.6) is 0 Å². The van der Waals surface area contributed by atoms with E-state index >= 15 is 0 Å². The Bertz CT molecular complexity index is 1140. The number of nitrogens with one attached hydrogen (secondary N) is 1. The highest BCUT2D eigenvalue weighted by Gasteiger charge is 2.34. The molecule has 1 saturated heterocycles. The monoisotopic (exact) mass is 366 g/mol. The van der Waals surface area contributed by atoms with Crippen molar-refractivity contribution in [3.05, 3.63) is 81.2 Å². The normalized spacial score (nSPS) is 15.7. The topological polar surface area (TPSA) is 79.6 Å². The van der Waals surface area contributed by atoms with E-state index in [1.54, 1.807) is 42.5 Å². The van der Waals surface area contributed by atoms with Gasteiger partial charge < -0.3 is 4.42 Å². The summed E-state index contributed by atoms with van der Waals surface area (Å²) in [4.78, 5) is 37.4. The molecule has 0 unspecified atom stereocenters. The van der Waals surface area contributed by atoms with Gasteiger partial charge in [-0.1, -0.05) is 29.8 Å². The Morgan fingerprint density at radius 3 is 2.58 bits per heavy atom. The van der Waals surface area contributed by atoms with Gasteiger partial charge in [0.1, 0.15) is 17.4 Å². The molecule has 1 aliphatic heterocycles. The molecule has 0 saturated carbocycles. The van der Waals surface area contributed by atoms with Gasteiger partial charge in [0.05, 0.1) is 16.6 Å². The summed E-state index contributed by atoms with van der Waals surface area (Å²) in [6, 6.07) is 13.3. The second-order valence-electron chi connectivity index (χ2n) is 5.64. The third-order valence-electron chi connectivity index (χ3n) is 3.97. The Kier molecular flexibility index (Phi) is 3.82. The molecule has 3 aromatic rings. The highest BCUT2D eigenvalue weighted by Crippen LogP contribution is 2.22. The molecule has 6 nitrogen and oxygen atoms in total. The van der Waals surface area contributed by atoms with Gasteiger partial charge in [0.15, 0.2) is 5.43 Å². The van der Waals surface area contributed by atoms with E-state index in [9.17, 15) is 14.4 Å². The number of anilines is 1. The van der Waals surface area contributed by atoms with Crippen LogP contribution in [0.4, 0.5) is 5.69 Å². The first-order valence-corrected chi connectivity index (χ1v) is 8.05. The first-order valence-electron chi connectivity index (χ1n) is 7.68. The van der Waals surface area contributed by atoms with Crippen molar-refractivity contribution < 1.29 is 14.0 Å². The lowest BCUT2D eigenvalue weighted by Crippen LogP contribution is -2.35. The van der Waals surface area contributed by atoms with Crippen LogP contribution < -0.4 is 15.9 Å². The maximum atomic E-state index is 12.6. The molecule has 7 heteroatoms. The number of rotatable bonds is 2. The van der Waals surface area contributed by atoms with Crippen molar-refractivity contribution in [3.63, 3.8) is 0 Å². The molecular formula is C19H11ClN2O4. The van der Waals surface area contributed by atoms with E-state index in [1.807, 2.05) is 0 Å². The molecule has 0 atom stereocenters. The van der Waals surface area contributed by atoms with E-state index in [0.29, 0.717) is 16.3 Å². The van der Waals surface area contributed by atoms with Crippen LogP contribution in [0.3, 0.4) is 0 Å². The van der Waals surface area contributed by atoms with E-state index in [2.05, 4.69) is 5.43 Å². The summed E-state index contributed by atoms with van der Waals surface area (Å²) in [6.07, 6.45) is 2.45. The highest BCUT2D eigenvalue weighted by atomic mass is 35.5. The molecule has 1 aliphatic rings. The zero-order valence-corrected chi connectivity index (χ0v) is 14.0. The second kappa shape index (κ2) is 6.16. The Labute approximate surface area is 152 Å². The Balaban J connectivity index is 1.78. The molecule has 1 N–H and O–H groups in total. The Hall–Kier alpha value is -3.38. The molecule has 2 aromatic carbocycles. The molecule has 1 fully saturated rings. The van der Waals surface area contributed by atoms with Crippen LogP contribution in [-0.4, -0.2) is 11.8 Å². The summed E-state index contributed by atoms with van der Waals surface area (Å²) in [7, 11) is 0. The zero-order chi connectivity index (χ0) is 18.3. The number of halogens is 1. The van der Waals surface area contributed by atoms with E-state index in [-0.39, 0.29) is 22.0 Å². The molecule has 1 aromatic heterocycles. The van der Waals surface area contributed by atoms with Crippen LogP contribution in [0, 0.1) is 0 Å². The van der Waals surface area contributed by atoms with Gasteiger partial charge in [-0.2, -0.15) is 0 Å². The predicted molar refractivity (Wildman–Crippen MR) is 97.5 cm³/mol. The number of hydrogen-bond donors (Lipinski definition) is 1. The zero-order valence-electron chi connectivity index (χ0n) is 13.2. The summed E-state index contributed by atoms with van der Waals surface area (Å²) in [5, 5.41) is 1.80. The van der Waals surface area contributed by atoms with Gasteiger partial charge in [0, 0.05) is 5.02 Å². The van der Waals surface area contributed by atoms with Gasteiger partial charge in [0.2, 0.25) is 0 Å². The van der Waals surface area contributed by atoms with Crippen LogP contribution in [-0.2, 0) is 9.59 Å². The van der Waals surface area contributed by atoms with Gasteiger partial charge >= 0.3 is 0 Å². The molecule has 0 spiro atoms. The molecule has 0 aliphatic carbocycles. The standard InChI is InChI=1S/C19H11ClN2O4/c20-12-6-7-16-14(9-12)17(23)11(10-26-16)8-15-18(24)21-22(19(15)25)13-4-2-1-3-5-13/h1-10H,(H,21,24)/b15-8+. The molecule has 4 rings (SSSR count). The lowest BCUT2D eigenvalue weighted by molar-refractivity contribution is -0.117. The number of amides is 2. The van der Waals surface area contributed by atoms with Crippen LogP contribution in [0.15, 0.2) is 69.6 Å². The summed E-state index contributed by atoms with van der Waals surface area (Å²) >= 11 is 5.93. The molecule has 0 radical (unpaired) electrons. The minimum atomic E-state index is -0.593. The average Bonchev–Trinajstić information content (AvgIpc) is 2.93. The van der Waals surface area contributed by atoms with Crippen molar-refractivity contribution in [1.29, 1.82) is 0 Å². The summed E-state index contributed by atoms with van der Waals surface area (Å²) in [6.45, 7) is 0. The van der Waals surface area contributed by atoms with E-state index in [1.165, 1.54) is 18.4 Å². The number of fused-ring (bicyclic) bond motifs is 1. The van der Waals surface area contributed by atoms with Crippen molar-refractivity contribution in [2.24, 2.45) is 0 Å². The fourth-order valence-electron chi connectivity index (χ4n) is 2.69. The lowest BCUT2D eigenvalue weighted by Gasteiger charge is -2.13. The fraction of sp³-hybridized carbons (Fsp3) is 0. The number of carbonyl (C=O) groups is 2. The average molecular weight is 367 g/mol.